The molecule has 0 spiro atoms. The van der Waals surface area contributed by atoms with E-state index in [0.29, 0.717) is 6.04 Å². The summed E-state index contributed by atoms with van der Waals surface area (Å²) in [6, 6.07) is 6.41. The maximum Gasteiger partial charge on any atom is 0.150 e. The molecule has 0 aliphatic carbocycles. The minimum absolute atomic E-state index is 0.228. The van der Waals surface area contributed by atoms with Crippen molar-refractivity contribution in [1.29, 1.82) is 0 Å². The SMILES string of the molecule is Cc1cc(N(C)C(C)C(C)(C)C)ccc1C=O. The van der Waals surface area contributed by atoms with Gasteiger partial charge >= 0.3 is 0 Å². The molecule has 0 aromatic heterocycles. The highest BCUT2D eigenvalue weighted by molar-refractivity contribution is 5.78. The van der Waals surface area contributed by atoms with Crippen LogP contribution in [-0.4, -0.2) is 19.4 Å². The standard InChI is InChI=1S/C15H23NO/c1-11-9-14(8-7-13(11)10-17)16(6)12(2)15(3,4)5/h7-10,12H,1-6H3. The molecular formula is C15H23NO. The largest absolute Gasteiger partial charge is 0.371 e. The average Bonchev–Trinajstić information content (AvgIpc) is 2.25. The van der Waals surface area contributed by atoms with Crippen molar-refractivity contribution in [3.05, 3.63) is 29.3 Å². The average molecular weight is 233 g/mol. The molecule has 17 heavy (non-hydrogen) atoms. The summed E-state index contributed by atoms with van der Waals surface area (Å²) in [5.74, 6) is 0. The summed E-state index contributed by atoms with van der Waals surface area (Å²) in [6.07, 6.45) is 0.909. The Morgan fingerprint density at radius 3 is 2.29 bits per heavy atom. The van der Waals surface area contributed by atoms with Crippen LogP contribution in [0, 0.1) is 12.3 Å². The van der Waals surface area contributed by atoms with Crippen LogP contribution in [0.3, 0.4) is 0 Å². The van der Waals surface area contributed by atoms with Gasteiger partial charge in [-0.2, -0.15) is 0 Å². The highest BCUT2D eigenvalue weighted by Crippen LogP contribution is 2.28. The quantitative estimate of drug-likeness (QED) is 0.742. The Morgan fingerprint density at radius 2 is 1.88 bits per heavy atom. The Morgan fingerprint density at radius 1 is 1.29 bits per heavy atom. The third kappa shape index (κ3) is 3.09. The summed E-state index contributed by atoms with van der Waals surface area (Å²) in [5, 5.41) is 0. The zero-order valence-electron chi connectivity index (χ0n) is 11.7. The number of benzene rings is 1. The fourth-order valence-corrected chi connectivity index (χ4v) is 1.82. The van der Waals surface area contributed by atoms with Gasteiger partial charge < -0.3 is 4.90 Å². The zero-order valence-corrected chi connectivity index (χ0v) is 11.7. The predicted molar refractivity (Wildman–Crippen MR) is 73.9 cm³/mol. The lowest BCUT2D eigenvalue weighted by atomic mass is 9.87. The highest BCUT2D eigenvalue weighted by Gasteiger charge is 2.24. The molecule has 0 saturated carbocycles. The molecule has 94 valence electrons. The molecular weight excluding hydrogens is 210 g/mol. The molecule has 2 nitrogen and oxygen atoms in total. The topological polar surface area (TPSA) is 20.3 Å². The first-order valence-corrected chi connectivity index (χ1v) is 6.06. The zero-order chi connectivity index (χ0) is 13.2. The molecule has 0 radical (unpaired) electrons. The van der Waals surface area contributed by atoms with Crippen LogP contribution in [0.1, 0.15) is 43.6 Å². The van der Waals surface area contributed by atoms with Gasteiger partial charge in [-0.25, -0.2) is 0 Å². The predicted octanol–water partition coefficient (Wildman–Crippen LogP) is 3.68. The summed E-state index contributed by atoms with van der Waals surface area (Å²) >= 11 is 0. The molecule has 0 fully saturated rings. The van der Waals surface area contributed by atoms with Crippen LogP contribution >= 0.6 is 0 Å². The van der Waals surface area contributed by atoms with Gasteiger partial charge in [0.15, 0.2) is 0 Å². The van der Waals surface area contributed by atoms with E-state index in [4.69, 9.17) is 0 Å². The second kappa shape index (κ2) is 4.91. The number of carbonyl (C=O) groups is 1. The van der Waals surface area contributed by atoms with Crippen LogP contribution in [0.2, 0.25) is 0 Å². The van der Waals surface area contributed by atoms with E-state index >= 15 is 0 Å². The van der Waals surface area contributed by atoms with Crippen molar-refractivity contribution in [3.8, 4) is 0 Å². The third-order valence-electron chi connectivity index (χ3n) is 3.62. The number of nitrogens with zero attached hydrogens (tertiary/aromatic N) is 1. The Balaban J connectivity index is 3.01. The molecule has 0 bridgehead atoms. The van der Waals surface area contributed by atoms with Crippen molar-refractivity contribution >= 4 is 12.0 Å². The first-order chi connectivity index (χ1) is 7.77. The Kier molecular flexibility index (Phi) is 3.97. The number of aldehydes is 1. The van der Waals surface area contributed by atoms with E-state index in [2.05, 4.69) is 45.7 Å². The number of hydrogen-bond acceptors (Lipinski definition) is 2. The molecule has 1 aromatic carbocycles. The lowest BCUT2D eigenvalue weighted by molar-refractivity contribution is 0.112. The molecule has 0 amide bonds. The molecule has 0 saturated heterocycles. The first-order valence-electron chi connectivity index (χ1n) is 6.06. The van der Waals surface area contributed by atoms with Crippen LogP contribution < -0.4 is 4.90 Å². The van der Waals surface area contributed by atoms with Gasteiger partial charge in [0.25, 0.3) is 0 Å². The van der Waals surface area contributed by atoms with Gasteiger partial charge in [-0.05, 0) is 43.0 Å². The summed E-state index contributed by atoms with van der Waals surface area (Å²) in [6.45, 7) is 10.9. The Hall–Kier alpha value is -1.31. The van der Waals surface area contributed by atoms with Gasteiger partial charge in [0, 0.05) is 24.3 Å². The molecule has 1 aromatic rings. The summed E-state index contributed by atoms with van der Waals surface area (Å²) in [5.41, 5.74) is 3.19. The van der Waals surface area contributed by atoms with E-state index in [1.54, 1.807) is 0 Å². The minimum Gasteiger partial charge on any atom is -0.371 e. The van der Waals surface area contributed by atoms with Gasteiger partial charge in [-0.3, -0.25) is 4.79 Å². The minimum atomic E-state index is 0.228. The van der Waals surface area contributed by atoms with Crippen molar-refractivity contribution in [2.45, 2.75) is 40.7 Å². The van der Waals surface area contributed by atoms with Crippen molar-refractivity contribution in [2.24, 2.45) is 5.41 Å². The summed E-state index contributed by atoms with van der Waals surface area (Å²) < 4.78 is 0. The Bertz CT molecular complexity index is 404. The lowest BCUT2D eigenvalue weighted by Crippen LogP contribution is -2.39. The lowest BCUT2D eigenvalue weighted by Gasteiger charge is -2.37. The van der Waals surface area contributed by atoms with Crippen LogP contribution in [0.25, 0.3) is 0 Å². The van der Waals surface area contributed by atoms with Crippen molar-refractivity contribution < 1.29 is 4.79 Å². The van der Waals surface area contributed by atoms with E-state index < -0.39 is 0 Å². The van der Waals surface area contributed by atoms with E-state index in [1.165, 1.54) is 0 Å². The maximum atomic E-state index is 10.8. The highest BCUT2D eigenvalue weighted by atomic mass is 16.1. The van der Waals surface area contributed by atoms with Gasteiger partial charge in [0.05, 0.1) is 0 Å². The van der Waals surface area contributed by atoms with E-state index in [1.807, 2.05) is 19.1 Å². The van der Waals surface area contributed by atoms with Crippen LogP contribution in [-0.2, 0) is 0 Å². The number of carbonyl (C=O) groups excluding carboxylic acids is 1. The fraction of sp³-hybridized carbons (Fsp3) is 0.533. The van der Waals surface area contributed by atoms with Gasteiger partial charge in [0.1, 0.15) is 6.29 Å². The number of anilines is 1. The molecule has 2 heteroatoms. The summed E-state index contributed by atoms with van der Waals surface area (Å²) in [7, 11) is 2.10. The molecule has 0 aliphatic heterocycles. The van der Waals surface area contributed by atoms with Crippen LogP contribution in [0.15, 0.2) is 18.2 Å². The number of hydrogen-bond donors (Lipinski definition) is 0. The fourth-order valence-electron chi connectivity index (χ4n) is 1.82. The van der Waals surface area contributed by atoms with Crippen LogP contribution in [0.4, 0.5) is 5.69 Å². The number of rotatable bonds is 3. The van der Waals surface area contributed by atoms with Crippen molar-refractivity contribution in [2.75, 3.05) is 11.9 Å². The van der Waals surface area contributed by atoms with Crippen molar-refractivity contribution in [3.63, 3.8) is 0 Å². The third-order valence-corrected chi connectivity index (χ3v) is 3.62. The molecule has 1 rings (SSSR count). The second-order valence-electron chi connectivity index (χ2n) is 5.81. The first kappa shape index (κ1) is 13.8. The molecule has 0 aliphatic rings. The molecule has 0 N–H and O–H groups in total. The smallest absolute Gasteiger partial charge is 0.150 e. The molecule has 0 heterocycles. The summed E-state index contributed by atoms with van der Waals surface area (Å²) in [4.78, 5) is 13.1. The molecule has 1 atom stereocenters. The van der Waals surface area contributed by atoms with E-state index in [-0.39, 0.29) is 5.41 Å². The van der Waals surface area contributed by atoms with Gasteiger partial charge in [0.2, 0.25) is 0 Å². The van der Waals surface area contributed by atoms with Gasteiger partial charge in [-0.1, -0.05) is 20.8 Å². The normalized spacial score (nSPS) is 13.3. The van der Waals surface area contributed by atoms with E-state index in [9.17, 15) is 4.79 Å². The van der Waals surface area contributed by atoms with Crippen LogP contribution in [0.5, 0.6) is 0 Å². The monoisotopic (exact) mass is 233 g/mol. The molecule has 1 unspecified atom stereocenters. The second-order valence-corrected chi connectivity index (χ2v) is 5.81. The Labute approximate surface area is 105 Å². The van der Waals surface area contributed by atoms with Crippen molar-refractivity contribution in [1.82, 2.24) is 0 Å². The number of aryl methyl sites for hydroxylation is 1. The van der Waals surface area contributed by atoms with Gasteiger partial charge in [-0.15, -0.1) is 0 Å². The maximum absolute atomic E-state index is 10.8. The van der Waals surface area contributed by atoms with E-state index in [0.717, 1.165) is 23.1 Å².